The number of pyridine rings is 1. The van der Waals surface area contributed by atoms with Gasteiger partial charge in [0.25, 0.3) is 15.9 Å². The van der Waals surface area contributed by atoms with Crippen molar-refractivity contribution in [2.75, 3.05) is 70.0 Å². The number of amides is 1. The number of carbonyl (C=O) groups excluding carboxylic acids is 1. The van der Waals surface area contributed by atoms with E-state index in [0.717, 1.165) is 30.3 Å². The Morgan fingerprint density at radius 3 is 2.25 bits per heavy atom. The SMILES string of the molecule is CS(=O)(=O)C1(S(C)(=O)=O)CCC(CN2CCN(c3cc(Oc4cccc5[nH]ncc45)c(C(=O)NS(=O)(=O)c4cnc(OCC5(F)CCOCC5)c(Cl)c4)cc3Cl)CC2)=C(c2ccc(Cl)cc2)C1. The Balaban J connectivity index is 1.03. The van der Waals surface area contributed by atoms with Crippen LogP contribution in [0.15, 0.2) is 83.5 Å². The number of allylic oxidation sites excluding steroid dienone is 1. The van der Waals surface area contributed by atoms with Gasteiger partial charge in [0.05, 0.1) is 39.6 Å². The van der Waals surface area contributed by atoms with Gasteiger partial charge in [-0.25, -0.2) is 39.3 Å². The van der Waals surface area contributed by atoms with Crippen LogP contribution in [-0.2, 0) is 34.4 Å². The number of benzene rings is 3. The van der Waals surface area contributed by atoms with Crippen LogP contribution in [-0.4, -0.2) is 126 Å². The summed E-state index contributed by atoms with van der Waals surface area (Å²) in [5.41, 5.74) is 1.55. The molecule has 2 N–H and O–H groups in total. The normalized spacial score (nSPS) is 18.2. The van der Waals surface area contributed by atoms with Crippen LogP contribution in [0.25, 0.3) is 16.5 Å². The van der Waals surface area contributed by atoms with Crippen molar-refractivity contribution in [2.45, 2.75) is 46.7 Å². The molecule has 0 atom stereocenters. The van der Waals surface area contributed by atoms with Crippen LogP contribution in [0, 0.1) is 0 Å². The molecule has 8 rings (SSSR count). The number of carbonyl (C=O) groups is 1. The second-order valence-corrected chi connectivity index (χ2v) is 24.8. The third kappa shape index (κ3) is 10.4. The summed E-state index contributed by atoms with van der Waals surface area (Å²) in [5.74, 6) is -0.953. The molecule has 0 bridgehead atoms. The Morgan fingerprint density at radius 1 is 0.881 bits per heavy atom. The molecular formula is C44H46Cl3FN6O10S3. The van der Waals surface area contributed by atoms with Gasteiger partial charge in [-0.05, 0) is 60.4 Å². The number of fused-ring (bicyclic) bond motifs is 1. The first-order chi connectivity index (χ1) is 31.7. The number of hydrogen-bond donors (Lipinski definition) is 2. The van der Waals surface area contributed by atoms with Crippen LogP contribution in [0.4, 0.5) is 10.1 Å². The molecule has 3 aliphatic rings. The third-order valence-corrected chi connectivity index (χ3v) is 19.8. The molecular weight excluding hydrogens is 994 g/mol. The number of aromatic nitrogens is 3. The lowest BCUT2D eigenvalue weighted by Crippen LogP contribution is -2.49. The Labute approximate surface area is 402 Å². The van der Waals surface area contributed by atoms with E-state index in [1.807, 2.05) is 4.90 Å². The lowest BCUT2D eigenvalue weighted by Gasteiger charge is -2.40. The van der Waals surface area contributed by atoms with Crippen molar-refractivity contribution in [2.24, 2.45) is 0 Å². The number of aromatic amines is 1. The second-order valence-electron chi connectivity index (χ2n) is 16.9. The molecule has 5 aromatic rings. The number of halogens is 4. The van der Waals surface area contributed by atoms with E-state index in [4.69, 9.17) is 49.0 Å². The number of sulfone groups is 2. The highest BCUT2D eigenvalue weighted by Crippen LogP contribution is 2.46. The predicted octanol–water partition coefficient (Wildman–Crippen LogP) is 7.27. The molecule has 2 aromatic heterocycles. The summed E-state index contributed by atoms with van der Waals surface area (Å²) in [6, 6.07) is 16.0. The minimum absolute atomic E-state index is 0.0170. The van der Waals surface area contributed by atoms with Gasteiger partial charge in [-0.2, -0.15) is 5.10 Å². The molecule has 1 aliphatic carbocycles. The number of anilines is 1. The fraction of sp³-hybridized carbons (Fsp3) is 0.386. The maximum absolute atomic E-state index is 15.1. The van der Waals surface area contributed by atoms with Crippen molar-refractivity contribution in [3.63, 3.8) is 0 Å². The minimum Gasteiger partial charge on any atom is -0.473 e. The Hall–Kier alpha value is -4.54. The first kappa shape index (κ1) is 48.9. The van der Waals surface area contributed by atoms with Crippen molar-refractivity contribution in [3.05, 3.63) is 105 Å². The fourth-order valence-electron chi connectivity index (χ4n) is 8.60. The monoisotopic (exact) mass is 1040 g/mol. The molecule has 2 saturated heterocycles. The summed E-state index contributed by atoms with van der Waals surface area (Å²) in [5, 5.41) is 7.95. The smallest absolute Gasteiger partial charge is 0.268 e. The first-order valence-electron chi connectivity index (χ1n) is 21.0. The lowest BCUT2D eigenvalue weighted by molar-refractivity contribution is -0.0331. The van der Waals surface area contributed by atoms with Gasteiger partial charge in [0.15, 0.2) is 23.8 Å². The molecule has 4 heterocycles. The number of sulfonamides is 1. The molecule has 358 valence electrons. The van der Waals surface area contributed by atoms with Crippen molar-refractivity contribution in [1.82, 2.24) is 24.8 Å². The molecule has 0 radical (unpaired) electrons. The van der Waals surface area contributed by atoms with E-state index in [-0.39, 0.29) is 79.2 Å². The zero-order chi connectivity index (χ0) is 47.9. The topological polar surface area (TPSA) is 207 Å². The number of nitrogens with zero attached hydrogens (tertiary/aromatic N) is 4. The highest BCUT2D eigenvalue weighted by Gasteiger charge is 2.52. The van der Waals surface area contributed by atoms with E-state index in [1.54, 1.807) is 54.7 Å². The summed E-state index contributed by atoms with van der Waals surface area (Å²) in [4.78, 5) is 21.7. The van der Waals surface area contributed by atoms with E-state index in [9.17, 15) is 30.0 Å². The molecule has 3 aromatic carbocycles. The second kappa shape index (κ2) is 19.1. The molecule has 0 spiro atoms. The fourth-order valence-corrected chi connectivity index (χ4v) is 14.2. The Kier molecular flexibility index (Phi) is 13.9. The number of nitrogens with one attached hydrogen (secondary N) is 2. The number of hydrogen-bond acceptors (Lipinski definition) is 14. The van der Waals surface area contributed by atoms with Crippen LogP contribution in [0.2, 0.25) is 15.1 Å². The van der Waals surface area contributed by atoms with Crippen LogP contribution >= 0.6 is 34.8 Å². The zero-order valence-electron chi connectivity index (χ0n) is 36.2. The highest BCUT2D eigenvalue weighted by molar-refractivity contribution is 8.09. The molecule has 1 amide bonds. The zero-order valence-corrected chi connectivity index (χ0v) is 40.9. The van der Waals surface area contributed by atoms with E-state index < -0.39 is 50.2 Å². The van der Waals surface area contributed by atoms with Gasteiger partial charge >= 0.3 is 0 Å². The number of piperazine rings is 1. The van der Waals surface area contributed by atoms with E-state index in [2.05, 4.69) is 24.8 Å². The van der Waals surface area contributed by atoms with Crippen molar-refractivity contribution < 1.29 is 48.6 Å². The van der Waals surface area contributed by atoms with E-state index >= 15 is 4.39 Å². The molecule has 2 fully saturated rings. The van der Waals surface area contributed by atoms with Crippen LogP contribution in [0.5, 0.6) is 17.4 Å². The summed E-state index contributed by atoms with van der Waals surface area (Å²) >= 11 is 19.5. The first-order valence-corrected chi connectivity index (χ1v) is 27.4. The minimum atomic E-state index is -4.61. The lowest BCUT2D eigenvalue weighted by atomic mass is 9.86. The quantitative estimate of drug-likeness (QED) is 0.112. The van der Waals surface area contributed by atoms with Crippen molar-refractivity contribution in [3.8, 4) is 17.4 Å². The number of H-pyrrole nitrogens is 1. The van der Waals surface area contributed by atoms with Gasteiger partial charge in [0.2, 0.25) is 5.88 Å². The average molecular weight is 1040 g/mol. The Bertz CT molecular complexity index is 3060. The standard InChI is InChI=1S/C44H46Cl3FN6O10S3/c1-65(56,57)44(66(2,58)59)11-10-29(33(23-44)28-6-8-30(45)9-7-28)26-53-14-16-54(17-15-53)38-22-40(64-39-5-3-4-37-34(39)25-50-51-37)32(21-35(38)46)41(55)52-67(60,61)31-20-36(47)42(49-24-31)63-27-43(48)12-18-62-19-13-43/h3-9,20-22,24-25H,10-19,23,26-27H2,1-2H3,(H,50,51)(H,52,55). The van der Waals surface area contributed by atoms with Crippen LogP contribution in [0.1, 0.15) is 48.0 Å². The van der Waals surface area contributed by atoms with Crippen LogP contribution in [0.3, 0.4) is 0 Å². The van der Waals surface area contributed by atoms with Gasteiger partial charge in [-0.3, -0.25) is 14.8 Å². The predicted molar refractivity (Wildman–Crippen MR) is 254 cm³/mol. The van der Waals surface area contributed by atoms with Crippen LogP contribution < -0.4 is 19.1 Å². The van der Waals surface area contributed by atoms with Gasteiger partial charge < -0.3 is 19.1 Å². The number of ether oxygens (including phenoxy) is 3. The van der Waals surface area contributed by atoms with Gasteiger partial charge in [0.1, 0.15) is 33.7 Å². The maximum atomic E-state index is 15.1. The summed E-state index contributed by atoms with van der Waals surface area (Å²) in [7, 11) is -12.7. The third-order valence-electron chi connectivity index (χ3n) is 12.5. The number of alkyl halides is 1. The number of rotatable bonds is 14. The van der Waals surface area contributed by atoms with Gasteiger partial charge in [-0.15, -0.1) is 0 Å². The molecule has 23 heteroatoms. The highest BCUT2D eigenvalue weighted by atomic mass is 35.5. The van der Waals surface area contributed by atoms with Gasteiger partial charge in [-0.1, -0.05) is 58.6 Å². The molecule has 0 unspecified atom stereocenters. The molecule has 2 aliphatic heterocycles. The summed E-state index contributed by atoms with van der Waals surface area (Å²) < 4.78 is 112. The van der Waals surface area contributed by atoms with Crippen molar-refractivity contribution >= 4 is 92.6 Å². The average Bonchev–Trinajstić information content (AvgIpc) is 3.77. The maximum Gasteiger partial charge on any atom is 0.268 e. The van der Waals surface area contributed by atoms with Crippen molar-refractivity contribution in [1.29, 1.82) is 0 Å². The van der Waals surface area contributed by atoms with E-state index in [0.29, 0.717) is 71.2 Å². The largest absolute Gasteiger partial charge is 0.473 e. The molecule has 16 nitrogen and oxygen atoms in total. The Morgan fingerprint density at radius 2 is 1.58 bits per heavy atom. The van der Waals surface area contributed by atoms with Gasteiger partial charge in [0, 0.05) is 88.8 Å². The summed E-state index contributed by atoms with van der Waals surface area (Å²) in [6.45, 7) is 2.50. The van der Waals surface area contributed by atoms with E-state index in [1.165, 1.54) is 6.07 Å². The summed E-state index contributed by atoms with van der Waals surface area (Å²) in [6.07, 6.45) is 4.66. The molecule has 0 saturated carbocycles. The molecule has 67 heavy (non-hydrogen) atoms.